The first kappa shape index (κ1) is 13.9. The number of hydrogen-bond donors (Lipinski definition) is 1. The molecule has 0 unspecified atom stereocenters. The highest BCUT2D eigenvalue weighted by Crippen LogP contribution is 2.32. The van der Waals surface area contributed by atoms with Gasteiger partial charge in [0.1, 0.15) is 0 Å². The summed E-state index contributed by atoms with van der Waals surface area (Å²) in [5.41, 5.74) is -0.0516. The number of H-pyrrole nitrogens is 1. The highest BCUT2D eigenvalue weighted by Gasteiger charge is 2.30. The molecule has 2 rings (SSSR count). The summed E-state index contributed by atoms with van der Waals surface area (Å²) in [5, 5.41) is 8.72. The van der Waals surface area contributed by atoms with Crippen LogP contribution < -0.4 is 5.56 Å². The van der Waals surface area contributed by atoms with Crippen LogP contribution in [-0.4, -0.2) is 4.98 Å². The van der Waals surface area contributed by atoms with Gasteiger partial charge in [-0.2, -0.15) is 18.4 Å². The molecule has 0 bridgehead atoms. The fraction of sp³-hybridized carbons (Fsp3) is 0.143. The van der Waals surface area contributed by atoms with Gasteiger partial charge in [0.2, 0.25) is 5.56 Å². The number of alkyl halides is 3. The second kappa shape index (κ2) is 5.21. The van der Waals surface area contributed by atoms with E-state index in [2.05, 4.69) is 4.98 Å². The zero-order chi connectivity index (χ0) is 14.8. The van der Waals surface area contributed by atoms with Crippen molar-refractivity contribution in [2.45, 2.75) is 12.6 Å². The molecule has 6 heteroatoms. The van der Waals surface area contributed by atoms with Crippen LogP contribution in [0.3, 0.4) is 0 Å². The zero-order valence-electron chi connectivity index (χ0n) is 10.2. The third-order valence-electron chi connectivity index (χ3n) is 2.78. The van der Waals surface area contributed by atoms with Crippen molar-refractivity contribution >= 4 is 0 Å². The first-order valence-corrected chi connectivity index (χ1v) is 5.68. The standard InChI is InChI=1S/C14H9F3N2O/c15-14(16,17)11-3-1-2-9(6-11)12-8-19-13(20)7-10(12)4-5-18/h1-3,6-8H,4H2,(H,19,20). The number of nitriles is 1. The fourth-order valence-electron chi connectivity index (χ4n) is 1.88. The van der Waals surface area contributed by atoms with Gasteiger partial charge >= 0.3 is 6.18 Å². The Morgan fingerprint density at radius 1 is 1.25 bits per heavy atom. The zero-order valence-corrected chi connectivity index (χ0v) is 10.2. The summed E-state index contributed by atoms with van der Waals surface area (Å²) in [6, 6.07) is 7.87. The highest BCUT2D eigenvalue weighted by molar-refractivity contribution is 5.67. The Labute approximate surface area is 112 Å². The Bertz CT molecular complexity index is 726. The average Bonchev–Trinajstić information content (AvgIpc) is 2.38. The summed E-state index contributed by atoms with van der Waals surface area (Å²) in [4.78, 5) is 13.6. The van der Waals surface area contributed by atoms with Crippen molar-refractivity contribution in [3.05, 3.63) is 58.0 Å². The van der Waals surface area contributed by atoms with Gasteiger partial charge in [-0.05, 0) is 23.3 Å². The molecule has 0 saturated carbocycles. The van der Waals surface area contributed by atoms with Gasteiger partial charge in [0, 0.05) is 17.8 Å². The van der Waals surface area contributed by atoms with Crippen molar-refractivity contribution in [1.82, 2.24) is 4.98 Å². The van der Waals surface area contributed by atoms with Crippen molar-refractivity contribution < 1.29 is 13.2 Å². The first-order chi connectivity index (χ1) is 9.41. The van der Waals surface area contributed by atoms with Gasteiger partial charge in [0.15, 0.2) is 0 Å². The number of aromatic amines is 1. The van der Waals surface area contributed by atoms with Gasteiger partial charge in [-0.1, -0.05) is 12.1 Å². The molecular formula is C14H9F3N2O. The topological polar surface area (TPSA) is 56.6 Å². The van der Waals surface area contributed by atoms with Crippen LogP contribution in [0, 0.1) is 11.3 Å². The van der Waals surface area contributed by atoms with Gasteiger partial charge in [-0.3, -0.25) is 4.79 Å². The Balaban J connectivity index is 2.57. The molecule has 0 aliphatic rings. The minimum Gasteiger partial charge on any atom is -0.328 e. The smallest absolute Gasteiger partial charge is 0.328 e. The quantitative estimate of drug-likeness (QED) is 0.917. The fourth-order valence-corrected chi connectivity index (χ4v) is 1.88. The molecule has 0 saturated heterocycles. The van der Waals surface area contributed by atoms with Gasteiger partial charge in [0.05, 0.1) is 18.1 Å². The summed E-state index contributed by atoms with van der Waals surface area (Å²) in [5.74, 6) is 0. The number of benzene rings is 1. The number of pyridine rings is 1. The van der Waals surface area contributed by atoms with Crippen LogP contribution in [0.2, 0.25) is 0 Å². The molecule has 0 fully saturated rings. The lowest BCUT2D eigenvalue weighted by molar-refractivity contribution is -0.137. The summed E-state index contributed by atoms with van der Waals surface area (Å²) in [6.07, 6.45) is -3.16. The molecular weight excluding hydrogens is 269 g/mol. The molecule has 1 N–H and O–H groups in total. The maximum Gasteiger partial charge on any atom is 0.416 e. The molecule has 0 radical (unpaired) electrons. The third-order valence-corrected chi connectivity index (χ3v) is 2.78. The molecule has 20 heavy (non-hydrogen) atoms. The second-order valence-corrected chi connectivity index (χ2v) is 4.15. The van der Waals surface area contributed by atoms with Crippen LogP contribution >= 0.6 is 0 Å². The van der Waals surface area contributed by atoms with E-state index in [1.807, 2.05) is 6.07 Å². The lowest BCUT2D eigenvalue weighted by atomic mass is 9.98. The molecule has 102 valence electrons. The van der Waals surface area contributed by atoms with Crippen molar-refractivity contribution in [1.29, 1.82) is 5.26 Å². The van der Waals surface area contributed by atoms with E-state index >= 15 is 0 Å². The molecule has 3 nitrogen and oxygen atoms in total. The van der Waals surface area contributed by atoms with Crippen LogP contribution in [-0.2, 0) is 12.6 Å². The number of halogens is 3. The van der Waals surface area contributed by atoms with E-state index in [0.29, 0.717) is 16.7 Å². The Morgan fingerprint density at radius 2 is 2.00 bits per heavy atom. The molecule has 0 atom stereocenters. The van der Waals surface area contributed by atoms with E-state index < -0.39 is 17.3 Å². The van der Waals surface area contributed by atoms with Gasteiger partial charge < -0.3 is 4.98 Å². The van der Waals surface area contributed by atoms with E-state index in [1.165, 1.54) is 24.4 Å². The average molecular weight is 278 g/mol. The summed E-state index contributed by atoms with van der Waals surface area (Å²) in [6.45, 7) is 0. The Kier molecular flexibility index (Phi) is 3.61. The predicted molar refractivity (Wildman–Crippen MR) is 66.8 cm³/mol. The molecule has 1 aromatic carbocycles. The SMILES string of the molecule is N#CCc1cc(=O)[nH]cc1-c1cccc(C(F)(F)F)c1. The number of nitrogens with zero attached hydrogens (tertiary/aromatic N) is 1. The monoisotopic (exact) mass is 278 g/mol. The number of aromatic nitrogens is 1. The lowest BCUT2D eigenvalue weighted by Crippen LogP contribution is -2.07. The van der Waals surface area contributed by atoms with E-state index in [-0.39, 0.29) is 6.42 Å². The van der Waals surface area contributed by atoms with Crippen molar-refractivity contribution in [3.8, 4) is 17.2 Å². The van der Waals surface area contributed by atoms with Crippen LogP contribution in [0.4, 0.5) is 13.2 Å². The number of hydrogen-bond acceptors (Lipinski definition) is 2. The maximum atomic E-state index is 12.7. The van der Waals surface area contributed by atoms with Crippen molar-refractivity contribution in [2.75, 3.05) is 0 Å². The maximum absolute atomic E-state index is 12.7. The number of nitrogens with one attached hydrogen (secondary N) is 1. The minimum absolute atomic E-state index is 0.0461. The van der Waals surface area contributed by atoms with E-state index in [9.17, 15) is 18.0 Å². The normalized spacial score (nSPS) is 11.1. The van der Waals surface area contributed by atoms with Gasteiger partial charge in [0.25, 0.3) is 0 Å². The van der Waals surface area contributed by atoms with E-state index in [4.69, 9.17) is 5.26 Å². The van der Waals surface area contributed by atoms with Crippen LogP contribution in [0.1, 0.15) is 11.1 Å². The van der Waals surface area contributed by atoms with Gasteiger partial charge in [-0.15, -0.1) is 0 Å². The lowest BCUT2D eigenvalue weighted by Gasteiger charge is -2.10. The third kappa shape index (κ3) is 2.88. The van der Waals surface area contributed by atoms with E-state index in [0.717, 1.165) is 12.1 Å². The molecule has 0 aliphatic heterocycles. The van der Waals surface area contributed by atoms with Crippen molar-refractivity contribution in [2.24, 2.45) is 0 Å². The molecule has 2 aromatic rings. The Hall–Kier alpha value is -2.55. The molecule has 1 aromatic heterocycles. The van der Waals surface area contributed by atoms with E-state index in [1.54, 1.807) is 0 Å². The summed E-state index contributed by atoms with van der Waals surface area (Å²) in [7, 11) is 0. The van der Waals surface area contributed by atoms with Crippen LogP contribution in [0.5, 0.6) is 0 Å². The Morgan fingerprint density at radius 3 is 2.65 bits per heavy atom. The molecule has 0 aliphatic carbocycles. The largest absolute Gasteiger partial charge is 0.416 e. The van der Waals surface area contributed by atoms with Crippen LogP contribution in [0.25, 0.3) is 11.1 Å². The van der Waals surface area contributed by atoms with Gasteiger partial charge in [-0.25, -0.2) is 0 Å². The van der Waals surface area contributed by atoms with Crippen LogP contribution in [0.15, 0.2) is 41.3 Å². The summed E-state index contributed by atoms with van der Waals surface area (Å²) >= 11 is 0. The minimum atomic E-state index is -4.44. The molecule has 0 amide bonds. The summed E-state index contributed by atoms with van der Waals surface area (Å²) < 4.78 is 38.1. The number of rotatable bonds is 2. The first-order valence-electron chi connectivity index (χ1n) is 5.68. The second-order valence-electron chi connectivity index (χ2n) is 4.15. The molecule has 1 heterocycles. The van der Waals surface area contributed by atoms with Crippen molar-refractivity contribution in [3.63, 3.8) is 0 Å². The highest BCUT2D eigenvalue weighted by atomic mass is 19.4. The predicted octanol–water partition coefficient (Wildman–Crippen LogP) is 3.13. The molecule has 0 spiro atoms.